The number of benzene rings is 1. The molecule has 1 aliphatic rings. The van der Waals surface area contributed by atoms with Crippen molar-refractivity contribution in [3.63, 3.8) is 0 Å². The van der Waals surface area contributed by atoms with Gasteiger partial charge in [0.25, 0.3) is 5.91 Å². The quantitative estimate of drug-likeness (QED) is 0.804. The molecular formula is C19H25N3O3S. The van der Waals surface area contributed by atoms with Crippen LogP contribution in [0.3, 0.4) is 0 Å². The van der Waals surface area contributed by atoms with Crippen LogP contribution in [0.15, 0.2) is 12.1 Å². The van der Waals surface area contributed by atoms with E-state index in [-0.39, 0.29) is 5.91 Å². The summed E-state index contributed by atoms with van der Waals surface area (Å²) in [5, 5.41) is 0.972. The lowest BCUT2D eigenvalue weighted by Gasteiger charge is -2.29. The molecule has 6 nitrogen and oxygen atoms in total. The van der Waals surface area contributed by atoms with Gasteiger partial charge in [0.05, 0.1) is 19.9 Å². The zero-order chi connectivity index (χ0) is 18.8. The number of hydrogen-bond acceptors (Lipinski definition) is 6. The summed E-state index contributed by atoms with van der Waals surface area (Å²) in [5.74, 6) is 1.49. The van der Waals surface area contributed by atoms with Gasteiger partial charge < -0.3 is 19.3 Å². The van der Waals surface area contributed by atoms with Crippen molar-refractivity contribution in [3.05, 3.63) is 38.8 Å². The van der Waals surface area contributed by atoms with Crippen LogP contribution in [0, 0.1) is 6.92 Å². The van der Waals surface area contributed by atoms with E-state index in [1.54, 1.807) is 14.2 Å². The minimum atomic E-state index is 0.0606. The van der Waals surface area contributed by atoms with Crippen molar-refractivity contribution in [2.45, 2.75) is 26.4 Å². The number of amides is 1. The Balaban J connectivity index is 1.82. The molecule has 0 N–H and O–H groups in total. The summed E-state index contributed by atoms with van der Waals surface area (Å²) in [4.78, 5) is 22.3. The molecule has 26 heavy (non-hydrogen) atoms. The third-order valence-corrected chi connectivity index (χ3v) is 5.62. The van der Waals surface area contributed by atoms with Crippen LogP contribution in [0.1, 0.15) is 31.5 Å². The molecule has 0 bridgehead atoms. The molecule has 0 saturated heterocycles. The monoisotopic (exact) mass is 375 g/mol. The number of hydrogen-bond donors (Lipinski definition) is 0. The van der Waals surface area contributed by atoms with Crippen LogP contribution in [0.25, 0.3) is 0 Å². The van der Waals surface area contributed by atoms with Crippen LogP contribution in [0.2, 0.25) is 0 Å². The van der Waals surface area contributed by atoms with Crippen LogP contribution < -0.4 is 9.47 Å². The molecule has 0 fully saturated rings. The van der Waals surface area contributed by atoms with E-state index in [1.165, 1.54) is 16.9 Å². The molecule has 0 unspecified atom stereocenters. The maximum atomic E-state index is 13.0. The molecule has 0 saturated carbocycles. The number of carbonyl (C=O) groups excluding carboxylic acids is 1. The van der Waals surface area contributed by atoms with Crippen molar-refractivity contribution < 1.29 is 14.3 Å². The van der Waals surface area contributed by atoms with Crippen LogP contribution in [-0.4, -0.2) is 55.6 Å². The highest BCUT2D eigenvalue weighted by molar-refractivity contribution is 7.13. The summed E-state index contributed by atoms with van der Waals surface area (Å²) in [6.07, 6.45) is 0.809. The fraction of sp³-hybridized carbons (Fsp3) is 0.474. The highest BCUT2D eigenvalue weighted by Gasteiger charge is 2.26. The molecule has 140 valence electrons. The van der Waals surface area contributed by atoms with E-state index >= 15 is 0 Å². The summed E-state index contributed by atoms with van der Waals surface area (Å²) >= 11 is 1.50. The van der Waals surface area contributed by atoms with Crippen LogP contribution in [0.4, 0.5) is 0 Å². The van der Waals surface area contributed by atoms with Crippen molar-refractivity contribution in [2.75, 3.05) is 34.9 Å². The molecule has 0 atom stereocenters. The van der Waals surface area contributed by atoms with E-state index in [9.17, 15) is 4.79 Å². The number of fused-ring (bicyclic) bond motifs is 1. The van der Waals surface area contributed by atoms with E-state index in [4.69, 9.17) is 9.47 Å². The Hall–Kier alpha value is -2.12. The second kappa shape index (κ2) is 7.63. The minimum absolute atomic E-state index is 0.0606. The largest absolute Gasteiger partial charge is 0.493 e. The molecule has 0 spiro atoms. The van der Waals surface area contributed by atoms with Gasteiger partial charge in [0.2, 0.25) is 0 Å². The van der Waals surface area contributed by atoms with E-state index < -0.39 is 0 Å². The summed E-state index contributed by atoms with van der Waals surface area (Å²) < 4.78 is 10.8. The zero-order valence-corrected chi connectivity index (χ0v) is 16.8. The molecule has 3 rings (SSSR count). The number of aryl methyl sites for hydroxylation is 1. The predicted octanol–water partition coefficient (Wildman–Crippen LogP) is 2.73. The van der Waals surface area contributed by atoms with Gasteiger partial charge in [-0.1, -0.05) is 0 Å². The Kier molecular flexibility index (Phi) is 5.48. The summed E-state index contributed by atoms with van der Waals surface area (Å²) in [5.41, 5.74) is 3.13. The number of ether oxygens (including phenoxy) is 2. The number of carbonyl (C=O) groups is 1. The number of nitrogens with zero attached hydrogens (tertiary/aromatic N) is 3. The Bertz CT molecular complexity index is 817. The summed E-state index contributed by atoms with van der Waals surface area (Å²) in [7, 11) is 7.27. The van der Waals surface area contributed by atoms with E-state index in [0.29, 0.717) is 18.8 Å². The molecule has 1 amide bonds. The van der Waals surface area contributed by atoms with Crippen LogP contribution in [0.5, 0.6) is 11.5 Å². The first-order valence-corrected chi connectivity index (χ1v) is 9.38. The van der Waals surface area contributed by atoms with Gasteiger partial charge in [0.1, 0.15) is 9.88 Å². The fourth-order valence-electron chi connectivity index (χ4n) is 3.19. The highest BCUT2D eigenvalue weighted by Crippen LogP contribution is 2.34. The minimum Gasteiger partial charge on any atom is -0.493 e. The second-order valence-electron chi connectivity index (χ2n) is 6.71. The lowest BCUT2D eigenvalue weighted by atomic mass is 9.98. The third kappa shape index (κ3) is 3.68. The molecule has 0 radical (unpaired) electrons. The highest BCUT2D eigenvalue weighted by atomic mass is 32.1. The number of rotatable bonds is 5. The molecule has 1 aromatic heterocycles. The lowest BCUT2D eigenvalue weighted by molar-refractivity contribution is 0.0738. The maximum Gasteiger partial charge on any atom is 0.266 e. The predicted molar refractivity (Wildman–Crippen MR) is 102 cm³/mol. The molecule has 2 aromatic rings. The number of aromatic nitrogens is 1. The summed E-state index contributed by atoms with van der Waals surface area (Å²) in [6, 6.07) is 3.99. The van der Waals surface area contributed by atoms with E-state index in [1.807, 2.05) is 38.1 Å². The van der Waals surface area contributed by atoms with Gasteiger partial charge in [-0.15, -0.1) is 11.3 Å². The first kappa shape index (κ1) is 18.7. The summed E-state index contributed by atoms with van der Waals surface area (Å²) in [6.45, 7) is 3.93. The number of thiazole rings is 1. The van der Waals surface area contributed by atoms with Crippen molar-refractivity contribution >= 4 is 17.2 Å². The van der Waals surface area contributed by atoms with Gasteiger partial charge in [-0.3, -0.25) is 4.79 Å². The molecule has 2 heterocycles. The van der Waals surface area contributed by atoms with Crippen molar-refractivity contribution in [3.8, 4) is 11.5 Å². The van der Waals surface area contributed by atoms with Crippen molar-refractivity contribution in [2.24, 2.45) is 0 Å². The topological polar surface area (TPSA) is 54.9 Å². The van der Waals surface area contributed by atoms with Gasteiger partial charge in [-0.05, 0) is 50.7 Å². The standard InChI is InChI=1S/C19H25N3O3S/c1-12-18(26-17(20-12)11-21(2)3)19(23)22-7-6-13-8-15(24-4)16(25-5)9-14(13)10-22/h8-9H,6-7,10-11H2,1-5H3. The van der Waals surface area contributed by atoms with Gasteiger partial charge >= 0.3 is 0 Å². The first-order chi connectivity index (χ1) is 12.4. The molecule has 0 aliphatic carbocycles. The van der Waals surface area contributed by atoms with Crippen molar-refractivity contribution in [1.29, 1.82) is 0 Å². The SMILES string of the molecule is COc1cc2c(cc1OC)CN(C(=O)c1sc(CN(C)C)nc1C)CC2. The van der Waals surface area contributed by atoms with Crippen LogP contribution >= 0.6 is 11.3 Å². The Morgan fingerprint density at radius 2 is 1.88 bits per heavy atom. The van der Waals surface area contributed by atoms with Crippen LogP contribution in [-0.2, 0) is 19.5 Å². The smallest absolute Gasteiger partial charge is 0.266 e. The average molecular weight is 375 g/mol. The van der Waals surface area contributed by atoms with E-state index in [0.717, 1.165) is 39.9 Å². The first-order valence-electron chi connectivity index (χ1n) is 8.57. The molecule has 1 aromatic carbocycles. The Labute approximate surface area is 158 Å². The Morgan fingerprint density at radius 3 is 2.50 bits per heavy atom. The van der Waals surface area contributed by atoms with Gasteiger partial charge in [-0.25, -0.2) is 4.98 Å². The molecular weight excluding hydrogens is 350 g/mol. The lowest BCUT2D eigenvalue weighted by Crippen LogP contribution is -2.35. The molecule has 1 aliphatic heterocycles. The van der Waals surface area contributed by atoms with Gasteiger partial charge in [0.15, 0.2) is 11.5 Å². The third-order valence-electron chi connectivity index (χ3n) is 4.49. The van der Waals surface area contributed by atoms with Gasteiger partial charge in [0, 0.05) is 19.6 Å². The normalized spacial score (nSPS) is 13.7. The molecule has 7 heteroatoms. The Morgan fingerprint density at radius 1 is 1.23 bits per heavy atom. The second-order valence-corrected chi connectivity index (χ2v) is 7.80. The van der Waals surface area contributed by atoms with Gasteiger partial charge in [-0.2, -0.15) is 0 Å². The average Bonchev–Trinajstić information content (AvgIpc) is 2.98. The van der Waals surface area contributed by atoms with Crippen molar-refractivity contribution in [1.82, 2.24) is 14.8 Å². The number of methoxy groups -OCH3 is 2. The maximum absolute atomic E-state index is 13.0. The fourth-order valence-corrected chi connectivity index (χ4v) is 4.34. The zero-order valence-electron chi connectivity index (χ0n) is 16.0. The van der Waals surface area contributed by atoms with E-state index in [2.05, 4.69) is 9.88 Å².